The van der Waals surface area contributed by atoms with Crippen LogP contribution in [-0.2, 0) is 14.4 Å². The molecule has 0 aromatic heterocycles. The average Bonchev–Trinajstić information content (AvgIpc) is 2.71. The fraction of sp³-hybridized carbons (Fsp3) is 0.667. The van der Waals surface area contributed by atoms with Gasteiger partial charge < -0.3 is 16.0 Å². The molecule has 33 heavy (non-hydrogen) atoms. The molecule has 3 N–H and O–H groups in total. The second-order valence-corrected chi connectivity index (χ2v) is 11.6. The molecule has 0 atom stereocenters. The van der Waals surface area contributed by atoms with Crippen LogP contribution in [0.1, 0.15) is 99.8 Å². The number of hydrogen-bond acceptors (Lipinski definition) is 3. The predicted octanol–water partition coefficient (Wildman–Crippen LogP) is 6.74. The highest BCUT2D eigenvalue weighted by molar-refractivity contribution is 6.01. The highest BCUT2D eigenvalue weighted by atomic mass is 16.2. The Hall–Kier alpha value is -2.37. The molecule has 0 radical (unpaired) electrons. The van der Waals surface area contributed by atoms with Gasteiger partial charge in [0, 0.05) is 33.3 Å². The van der Waals surface area contributed by atoms with Gasteiger partial charge in [-0.3, -0.25) is 14.4 Å². The summed E-state index contributed by atoms with van der Waals surface area (Å²) in [4.78, 5) is 38.7. The van der Waals surface area contributed by atoms with Crippen LogP contribution in [0.3, 0.4) is 0 Å². The maximum Gasteiger partial charge on any atom is 0.230 e. The van der Waals surface area contributed by atoms with Crippen molar-refractivity contribution in [2.75, 3.05) is 16.0 Å². The number of benzene rings is 1. The van der Waals surface area contributed by atoms with Gasteiger partial charge in [0.1, 0.15) is 0 Å². The molecule has 0 saturated heterocycles. The zero-order chi connectivity index (χ0) is 24.9. The zero-order valence-corrected chi connectivity index (χ0v) is 21.6. The van der Waals surface area contributed by atoms with Crippen LogP contribution >= 0.6 is 0 Å². The Kier molecular flexibility index (Phi) is 8.72. The van der Waals surface area contributed by atoms with Crippen LogP contribution in [0, 0.1) is 16.2 Å². The van der Waals surface area contributed by atoms with Gasteiger partial charge in [0.05, 0.1) is 0 Å². The molecule has 1 aliphatic carbocycles. The lowest BCUT2D eigenvalue weighted by Gasteiger charge is -2.36. The van der Waals surface area contributed by atoms with Crippen molar-refractivity contribution in [2.45, 2.75) is 99.8 Å². The Morgan fingerprint density at radius 3 is 1.58 bits per heavy atom. The normalized spacial score (nSPS) is 16.1. The van der Waals surface area contributed by atoms with Gasteiger partial charge in [-0.05, 0) is 37.5 Å². The number of unbranched alkanes of at least 4 members (excludes halogenated alkanes) is 1. The van der Waals surface area contributed by atoms with E-state index in [1.54, 1.807) is 18.2 Å². The van der Waals surface area contributed by atoms with E-state index in [9.17, 15) is 14.4 Å². The molecule has 0 bridgehead atoms. The number of carbonyl (C=O) groups excluding carboxylic acids is 3. The van der Waals surface area contributed by atoms with E-state index >= 15 is 0 Å². The molecule has 2 rings (SSSR count). The summed E-state index contributed by atoms with van der Waals surface area (Å²) in [7, 11) is 0. The second kappa shape index (κ2) is 10.7. The van der Waals surface area contributed by atoms with Gasteiger partial charge in [0.15, 0.2) is 0 Å². The third-order valence-electron chi connectivity index (χ3n) is 6.37. The van der Waals surface area contributed by atoms with Crippen molar-refractivity contribution >= 4 is 34.8 Å². The topological polar surface area (TPSA) is 87.3 Å². The lowest BCUT2D eigenvalue weighted by molar-refractivity contribution is -0.128. The number of carbonyl (C=O) groups is 3. The summed E-state index contributed by atoms with van der Waals surface area (Å²) in [5, 5.41) is 8.98. The van der Waals surface area contributed by atoms with Gasteiger partial charge in [0.25, 0.3) is 0 Å². The van der Waals surface area contributed by atoms with E-state index in [0.29, 0.717) is 17.1 Å². The van der Waals surface area contributed by atoms with Crippen molar-refractivity contribution < 1.29 is 14.4 Å². The van der Waals surface area contributed by atoms with Crippen molar-refractivity contribution in [3.05, 3.63) is 18.2 Å². The smallest absolute Gasteiger partial charge is 0.230 e. The maximum atomic E-state index is 13.5. The fourth-order valence-corrected chi connectivity index (χ4v) is 4.08. The zero-order valence-electron chi connectivity index (χ0n) is 21.6. The minimum atomic E-state index is -0.569. The molecule has 0 unspecified atom stereocenters. The van der Waals surface area contributed by atoms with E-state index in [2.05, 4.69) is 22.9 Å². The molecule has 3 amide bonds. The summed E-state index contributed by atoms with van der Waals surface area (Å²) in [5.74, 6) is -0.223. The first-order chi connectivity index (χ1) is 15.3. The van der Waals surface area contributed by atoms with Crippen LogP contribution in [-0.4, -0.2) is 17.7 Å². The Morgan fingerprint density at radius 1 is 0.758 bits per heavy atom. The molecule has 1 aromatic carbocycles. The molecule has 0 heterocycles. The summed E-state index contributed by atoms with van der Waals surface area (Å²) >= 11 is 0. The highest BCUT2D eigenvalue weighted by Gasteiger charge is 2.38. The number of anilines is 3. The van der Waals surface area contributed by atoms with Crippen LogP contribution in [0.4, 0.5) is 17.1 Å². The molecular weight excluding hydrogens is 414 g/mol. The number of amides is 3. The van der Waals surface area contributed by atoms with Crippen molar-refractivity contribution in [1.82, 2.24) is 0 Å². The fourth-order valence-electron chi connectivity index (χ4n) is 4.08. The van der Waals surface area contributed by atoms with E-state index in [1.165, 1.54) is 6.42 Å². The monoisotopic (exact) mass is 457 g/mol. The summed E-state index contributed by atoms with van der Waals surface area (Å²) in [6.45, 7) is 13.2. The van der Waals surface area contributed by atoms with Crippen molar-refractivity contribution in [1.29, 1.82) is 0 Å². The van der Waals surface area contributed by atoms with Crippen LogP contribution in [0.5, 0.6) is 0 Å². The van der Waals surface area contributed by atoms with Crippen LogP contribution in [0.15, 0.2) is 18.2 Å². The van der Waals surface area contributed by atoms with E-state index in [-0.39, 0.29) is 23.1 Å². The average molecular weight is 458 g/mol. The molecule has 1 fully saturated rings. The lowest BCUT2D eigenvalue weighted by Crippen LogP contribution is -2.38. The van der Waals surface area contributed by atoms with Crippen LogP contribution < -0.4 is 16.0 Å². The SMILES string of the molecule is CCCCC1(C(=O)Nc2cc(NC(=O)C(C)(C)C)cc(NC(=O)C(C)(C)C)c2)CCCCC1. The Labute approximate surface area is 199 Å². The first-order valence-corrected chi connectivity index (χ1v) is 12.4. The molecule has 0 aliphatic heterocycles. The van der Waals surface area contributed by atoms with Crippen LogP contribution in [0.2, 0.25) is 0 Å². The number of rotatable bonds is 7. The Morgan fingerprint density at radius 2 is 1.18 bits per heavy atom. The maximum absolute atomic E-state index is 13.5. The molecule has 6 heteroatoms. The molecule has 0 spiro atoms. The van der Waals surface area contributed by atoms with E-state index in [1.807, 2.05) is 41.5 Å². The highest BCUT2D eigenvalue weighted by Crippen LogP contribution is 2.42. The van der Waals surface area contributed by atoms with E-state index in [4.69, 9.17) is 0 Å². The summed E-state index contributed by atoms with van der Waals surface area (Å²) in [5.41, 5.74) is 0.192. The van der Waals surface area contributed by atoms with Gasteiger partial charge >= 0.3 is 0 Å². The lowest BCUT2D eigenvalue weighted by atomic mass is 9.70. The number of nitrogens with one attached hydrogen (secondary N) is 3. The molecule has 1 aromatic rings. The summed E-state index contributed by atoms with van der Waals surface area (Å²) in [6.07, 6.45) is 8.13. The Bertz CT molecular complexity index is 810. The first kappa shape index (κ1) is 26.9. The van der Waals surface area contributed by atoms with Gasteiger partial charge in [-0.25, -0.2) is 0 Å². The van der Waals surface area contributed by atoms with Gasteiger partial charge in [-0.2, -0.15) is 0 Å². The molecule has 6 nitrogen and oxygen atoms in total. The largest absolute Gasteiger partial charge is 0.325 e. The van der Waals surface area contributed by atoms with Crippen molar-refractivity contribution in [2.24, 2.45) is 16.2 Å². The predicted molar refractivity (Wildman–Crippen MR) is 136 cm³/mol. The van der Waals surface area contributed by atoms with Crippen molar-refractivity contribution in [3.63, 3.8) is 0 Å². The molecule has 1 saturated carbocycles. The number of hydrogen-bond donors (Lipinski definition) is 3. The van der Waals surface area contributed by atoms with Gasteiger partial charge in [0.2, 0.25) is 17.7 Å². The third-order valence-corrected chi connectivity index (χ3v) is 6.37. The molecular formula is C27H43N3O3. The standard InChI is InChI=1S/C27H43N3O3/c1-8-9-13-27(14-11-10-12-15-27)24(33)30-21-17-19(28-22(31)25(2,3)4)16-20(18-21)29-23(32)26(5,6)7/h16-18H,8-15H2,1-7H3,(H,28,31)(H,29,32)(H,30,33). The summed E-state index contributed by atoms with van der Waals surface area (Å²) < 4.78 is 0. The van der Waals surface area contributed by atoms with Gasteiger partial charge in [-0.1, -0.05) is 80.6 Å². The van der Waals surface area contributed by atoms with Crippen LogP contribution in [0.25, 0.3) is 0 Å². The molecule has 184 valence electrons. The third kappa shape index (κ3) is 7.58. The summed E-state index contributed by atoms with van der Waals surface area (Å²) in [6, 6.07) is 5.27. The van der Waals surface area contributed by atoms with E-state index in [0.717, 1.165) is 44.9 Å². The van der Waals surface area contributed by atoms with Gasteiger partial charge in [-0.15, -0.1) is 0 Å². The van der Waals surface area contributed by atoms with Crippen molar-refractivity contribution in [3.8, 4) is 0 Å². The Balaban J connectivity index is 2.35. The first-order valence-electron chi connectivity index (χ1n) is 12.4. The second-order valence-electron chi connectivity index (χ2n) is 11.6. The quantitative estimate of drug-likeness (QED) is 0.424. The molecule has 1 aliphatic rings. The minimum Gasteiger partial charge on any atom is -0.325 e. The minimum absolute atomic E-state index is 0.0445. The van der Waals surface area contributed by atoms with E-state index < -0.39 is 10.8 Å².